The van der Waals surface area contributed by atoms with E-state index in [0.29, 0.717) is 23.8 Å². The third kappa shape index (κ3) is 2.63. The number of nitrogens with two attached hydrogens (primary N) is 1. The van der Waals surface area contributed by atoms with Crippen molar-refractivity contribution >= 4 is 17.3 Å². The zero-order valence-electron chi connectivity index (χ0n) is 9.81. The Labute approximate surface area is 98.7 Å². The molecular formula is C10H16N6O. The molecule has 0 aliphatic carbocycles. The van der Waals surface area contributed by atoms with E-state index in [0.717, 1.165) is 0 Å². The molecule has 7 heteroatoms. The van der Waals surface area contributed by atoms with Gasteiger partial charge in [0.1, 0.15) is 0 Å². The van der Waals surface area contributed by atoms with Gasteiger partial charge in [0.15, 0.2) is 17.3 Å². The van der Waals surface area contributed by atoms with Gasteiger partial charge < -0.3 is 20.2 Å². The summed E-state index contributed by atoms with van der Waals surface area (Å²) in [6.45, 7) is 3.80. The summed E-state index contributed by atoms with van der Waals surface area (Å²) in [6.07, 6.45) is 5.21. The maximum atomic E-state index is 9.67. The van der Waals surface area contributed by atoms with Crippen LogP contribution in [-0.4, -0.2) is 31.6 Å². The molecule has 17 heavy (non-hydrogen) atoms. The van der Waals surface area contributed by atoms with Crippen LogP contribution in [0.5, 0.6) is 0 Å². The number of rotatable bonds is 4. The number of fused-ring (bicyclic) bond motifs is 1. The number of anilines is 2. The van der Waals surface area contributed by atoms with E-state index >= 15 is 0 Å². The van der Waals surface area contributed by atoms with Crippen molar-refractivity contribution in [2.45, 2.75) is 19.4 Å². The Morgan fingerprint density at radius 3 is 2.94 bits per heavy atom. The second-order valence-electron chi connectivity index (χ2n) is 4.44. The van der Waals surface area contributed by atoms with Gasteiger partial charge in [-0.2, -0.15) is 0 Å². The van der Waals surface area contributed by atoms with Crippen molar-refractivity contribution < 1.29 is 5.11 Å². The van der Waals surface area contributed by atoms with Gasteiger partial charge in [-0.3, -0.25) is 0 Å². The smallest absolute Gasteiger partial charge is 0.180 e. The molecule has 0 aliphatic heterocycles. The molecule has 0 unspecified atom stereocenters. The molecule has 2 aromatic rings. The van der Waals surface area contributed by atoms with Crippen molar-refractivity contribution in [2.75, 3.05) is 17.3 Å². The molecule has 0 aromatic carbocycles. The van der Waals surface area contributed by atoms with Gasteiger partial charge in [-0.25, -0.2) is 15.8 Å². The second-order valence-corrected chi connectivity index (χ2v) is 4.44. The van der Waals surface area contributed by atoms with Gasteiger partial charge in [0.05, 0.1) is 11.8 Å². The molecule has 0 bridgehead atoms. The molecule has 0 spiro atoms. The van der Waals surface area contributed by atoms with Crippen LogP contribution < -0.4 is 16.6 Å². The lowest BCUT2D eigenvalue weighted by Gasteiger charge is -2.18. The number of nitrogen functional groups attached to an aromatic ring is 1. The Bertz CT molecular complexity index is 515. The molecule has 0 radical (unpaired) electrons. The summed E-state index contributed by atoms with van der Waals surface area (Å²) in [6, 6.07) is 0. The molecule has 7 nitrogen and oxygen atoms in total. The van der Waals surface area contributed by atoms with Crippen molar-refractivity contribution in [1.82, 2.24) is 14.4 Å². The quantitative estimate of drug-likeness (QED) is 0.447. The molecule has 92 valence electrons. The fourth-order valence-corrected chi connectivity index (χ4v) is 1.42. The molecule has 5 N–H and O–H groups in total. The van der Waals surface area contributed by atoms with E-state index in [-0.39, 0.29) is 0 Å². The Balaban J connectivity index is 2.34. The first kappa shape index (κ1) is 11.6. The standard InChI is InChI=1S/C10H16N6O/c1-10(2,17)6-13-8-9-12-3-4-16(9)5-7(14-8)15-11/h3-5,15,17H,6,11H2,1-2H3,(H,13,14). The average Bonchev–Trinajstić information content (AvgIpc) is 2.72. The van der Waals surface area contributed by atoms with Crippen molar-refractivity contribution in [3.63, 3.8) is 0 Å². The Morgan fingerprint density at radius 1 is 1.53 bits per heavy atom. The van der Waals surface area contributed by atoms with E-state index in [1.54, 1.807) is 36.8 Å². The fourth-order valence-electron chi connectivity index (χ4n) is 1.42. The minimum atomic E-state index is -0.822. The number of nitrogens with zero attached hydrogens (tertiary/aromatic N) is 3. The van der Waals surface area contributed by atoms with Gasteiger partial charge in [-0.15, -0.1) is 0 Å². The number of hydrogen-bond donors (Lipinski definition) is 4. The summed E-state index contributed by atoms with van der Waals surface area (Å²) in [7, 11) is 0. The highest BCUT2D eigenvalue weighted by atomic mass is 16.3. The maximum absolute atomic E-state index is 9.67. The number of imidazole rings is 1. The molecule has 0 saturated heterocycles. The predicted octanol–water partition coefficient (Wildman–Crippen LogP) is 0.198. The number of hydrogen-bond acceptors (Lipinski definition) is 6. The van der Waals surface area contributed by atoms with Gasteiger partial charge in [-0.05, 0) is 13.8 Å². The summed E-state index contributed by atoms with van der Waals surface area (Å²) in [5, 5.41) is 12.7. The number of hydrazine groups is 1. The Hall–Kier alpha value is -1.86. The second kappa shape index (κ2) is 4.19. The molecule has 0 aliphatic rings. The summed E-state index contributed by atoms with van der Waals surface area (Å²) in [5.41, 5.74) is 2.35. The SMILES string of the molecule is CC(C)(O)CNc1nc(NN)cn2ccnc12. The first-order chi connectivity index (χ1) is 7.99. The lowest BCUT2D eigenvalue weighted by molar-refractivity contribution is 0.0944. The van der Waals surface area contributed by atoms with E-state index in [4.69, 9.17) is 5.84 Å². The molecule has 2 rings (SSSR count). The van der Waals surface area contributed by atoms with Crippen LogP contribution in [0.1, 0.15) is 13.8 Å². The van der Waals surface area contributed by atoms with Crippen molar-refractivity contribution in [3.8, 4) is 0 Å². The lowest BCUT2D eigenvalue weighted by atomic mass is 10.1. The molecule has 0 atom stereocenters. The summed E-state index contributed by atoms with van der Waals surface area (Å²) in [5.74, 6) is 6.44. The summed E-state index contributed by atoms with van der Waals surface area (Å²) >= 11 is 0. The van der Waals surface area contributed by atoms with Gasteiger partial charge in [0, 0.05) is 18.9 Å². The molecule has 0 amide bonds. The van der Waals surface area contributed by atoms with Crippen molar-refractivity contribution in [3.05, 3.63) is 18.6 Å². The van der Waals surface area contributed by atoms with Crippen LogP contribution >= 0.6 is 0 Å². The fraction of sp³-hybridized carbons (Fsp3) is 0.400. The van der Waals surface area contributed by atoms with E-state index < -0.39 is 5.60 Å². The lowest BCUT2D eigenvalue weighted by Crippen LogP contribution is -2.30. The molecule has 2 aromatic heterocycles. The normalized spacial score (nSPS) is 11.8. The summed E-state index contributed by atoms with van der Waals surface area (Å²) < 4.78 is 1.80. The van der Waals surface area contributed by atoms with Crippen molar-refractivity contribution in [2.24, 2.45) is 5.84 Å². The molecule has 0 saturated carbocycles. The van der Waals surface area contributed by atoms with E-state index in [1.165, 1.54) is 0 Å². The highest BCUT2D eigenvalue weighted by Crippen LogP contribution is 2.16. The van der Waals surface area contributed by atoms with E-state index in [9.17, 15) is 5.11 Å². The van der Waals surface area contributed by atoms with E-state index in [1.807, 2.05) is 0 Å². The minimum Gasteiger partial charge on any atom is -0.389 e. The van der Waals surface area contributed by atoms with E-state index in [2.05, 4.69) is 20.7 Å². The topological polar surface area (TPSA) is 100 Å². The Kier molecular flexibility index (Phi) is 2.86. The van der Waals surface area contributed by atoms with Crippen LogP contribution in [0.2, 0.25) is 0 Å². The highest BCUT2D eigenvalue weighted by molar-refractivity contribution is 5.65. The van der Waals surface area contributed by atoms with Crippen molar-refractivity contribution in [1.29, 1.82) is 0 Å². The molecular weight excluding hydrogens is 220 g/mol. The minimum absolute atomic E-state index is 0.372. The monoisotopic (exact) mass is 236 g/mol. The zero-order chi connectivity index (χ0) is 12.5. The number of nitrogens with one attached hydrogen (secondary N) is 2. The first-order valence-corrected chi connectivity index (χ1v) is 5.26. The van der Waals surface area contributed by atoms with Crippen LogP contribution in [0.4, 0.5) is 11.6 Å². The highest BCUT2D eigenvalue weighted by Gasteiger charge is 2.14. The number of aliphatic hydroxyl groups is 1. The van der Waals surface area contributed by atoms with Crippen LogP contribution in [-0.2, 0) is 0 Å². The first-order valence-electron chi connectivity index (χ1n) is 5.26. The average molecular weight is 236 g/mol. The third-order valence-corrected chi connectivity index (χ3v) is 2.21. The third-order valence-electron chi connectivity index (χ3n) is 2.21. The van der Waals surface area contributed by atoms with Gasteiger partial charge in [0.2, 0.25) is 0 Å². The molecule has 2 heterocycles. The van der Waals surface area contributed by atoms with Gasteiger partial charge in [0.25, 0.3) is 0 Å². The van der Waals surface area contributed by atoms with Crippen LogP contribution in [0.15, 0.2) is 18.6 Å². The molecule has 0 fully saturated rings. The van der Waals surface area contributed by atoms with Crippen LogP contribution in [0, 0.1) is 0 Å². The Morgan fingerprint density at radius 2 is 2.29 bits per heavy atom. The van der Waals surface area contributed by atoms with Crippen LogP contribution in [0.25, 0.3) is 5.65 Å². The summed E-state index contributed by atoms with van der Waals surface area (Å²) in [4.78, 5) is 8.44. The maximum Gasteiger partial charge on any atom is 0.180 e. The predicted molar refractivity (Wildman–Crippen MR) is 65.6 cm³/mol. The van der Waals surface area contributed by atoms with Gasteiger partial charge in [-0.1, -0.05) is 0 Å². The van der Waals surface area contributed by atoms with Gasteiger partial charge >= 0.3 is 0 Å². The number of aromatic nitrogens is 3. The zero-order valence-corrected chi connectivity index (χ0v) is 9.81. The largest absolute Gasteiger partial charge is 0.389 e. The van der Waals surface area contributed by atoms with Crippen LogP contribution in [0.3, 0.4) is 0 Å².